The maximum Gasteiger partial charge on any atom is 0.405 e. The topological polar surface area (TPSA) is 58.6 Å². The molecule has 0 heterocycles. The van der Waals surface area contributed by atoms with Crippen LogP contribution in [0.25, 0.3) is 0 Å². The fourth-order valence-corrected chi connectivity index (χ4v) is 1.90. The third kappa shape index (κ3) is 5.36. The zero-order valence-electron chi connectivity index (χ0n) is 9.87. The van der Waals surface area contributed by atoms with E-state index in [-0.39, 0.29) is 0 Å². The summed E-state index contributed by atoms with van der Waals surface area (Å²) < 4.78 is 6.68. The Morgan fingerprint density at radius 3 is 2.71 bits per heavy atom. The zero-order chi connectivity index (χ0) is 12.9. The maximum absolute atomic E-state index is 10.5. The number of nitrogens with one attached hydrogen (secondary N) is 1. The van der Waals surface area contributed by atoms with E-state index < -0.39 is 11.6 Å². The van der Waals surface area contributed by atoms with E-state index in [1.54, 1.807) is 13.8 Å². The molecule has 0 saturated carbocycles. The molecule has 0 atom stereocenters. The molecule has 1 rings (SSSR count). The predicted molar refractivity (Wildman–Crippen MR) is 74.1 cm³/mol. The van der Waals surface area contributed by atoms with Crippen molar-refractivity contribution < 1.29 is 14.6 Å². The van der Waals surface area contributed by atoms with Crippen LogP contribution in [0.3, 0.4) is 0 Å². The molecule has 1 aromatic rings. The number of rotatable bonds is 5. The molecule has 0 aliphatic rings. The molecule has 4 nitrogen and oxygen atoms in total. The van der Waals surface area contributed by atoms with Crippen LogP contribution in [0.1, 0.15) is 19.4 Å². The van der Waals surface area contributed by atoms with Crippen LogP contribution in [-0.2, 0) is 11.3 Å². The minimum Gasteiger partial charge on any atom is -0.465 e. The molecule has 0 aliphatic carbocycles. The molecule has 0 spiro atoms. The Kier molecular flexibility index (Phi) is 5.20. The van der Waals surface area contributed by atoms with E-state index in [1.165, 1.54) is 0 Å². The fraction of sp³-hybridized carbons (Fsp3) is 0.417. The number of hydrogen-bond acceptors (Lipinski definition) is 2. The number of halogens is 1. The minimum absolute atomic E-state index is 0.338. The van der Waals surface area contributed by atoms with Gasteiger partial charge in [-0.15, -0.1) is 0 Å². The fourth-order valence-electron chi connectivity index (χ4n) is 1.36. The third-order valence-corrected chi connectivity index (χ3v) is 3.18. The zero-order valence-corrected chi connectivity index (χ0v) is 12.0. The van der Waals surface area contributed by atoms with Gasteiger partial charge in [0.05, 0.1) is 18.8 Å². The predicted octanol–water partition coefficient (Wildman–Crippen LogP) is 2.85. The molecular formula is C12H16INO3. The Labute approximate surface area is 115 Å². The first-order valence-electron chi connectivity index (χ1n) is 5.23. The van der Waals surface area contributed by atoms with Crippen molar-refractivity contribution >= 4 is 28.7 Å². The molecule has 0 fully saturated rings. The van der Waals surface area contributed by atoms with E-state index in [4.69, 9.17) is 9.84 Å². The highest BCUT2D eigenvalue weighted by atomic mass is 127. The van der Waals surface area contributed by atoms with Crippen molar-refractivity contribution in [2.45, 2.75) is 26.0 Å². The van der Waals surface area contributed by atoms with Crippen LogP contribution in [-0.4, -0.2) is 23.3 Å². The molecule has 0 unspecified atom stereocenters. The van der Waals surface area contributed by atoms with Gasteiger partial charge in [0.1, 0.15) is 0 Å². The maximum atomic E-state index is 10.5. The second-order valence-electron chi connectivity index (χ2n) is 4.40. The summed E-state index contributed by atoms with van der Waals surface area (Å²) in [6.45, 7) is 4.41. The normalized spacial score (nSPS) is 11.2. The lowest BCUT2D eigenvalue weighted by Crippen LogP contribution is -2.46. The van der Waals surface area contributed by atoms with E-state index in [1.807, 2.05) is 24.3 Å². The van der Waals surface area contributed by atoms with Gasteiger partial charge in [0.2, 0.25) is 0 Å². The van der Waals surface area contributed by atoms with E-state index in [9.17, 15) is 4.79 Å². The summed E-state index contributed by atoms with van der Waals surface area (Å²) in [5.74, 6) is 0. The smallest absolute Gasteiger partial charge is 0.405 e. The summed E-state index contributed by atoms with van der Waals surface area (Å²) >= 11 is 2.25. The van der Waals surface area contributed by atoms with Gasteiger partial charge in [-0.2, -0.15) is 0 Å². The van der Waals surface area contributed by atoms with Crippen LogP contribution in [0.15, 0.2) is 24.3 Å². The van der Waals surface area contributed by atoms with Crippen LogP contribution in [0.2, 0.25) is 0 Å². The number of hydrogen-bond donors (Lipinski definition) is 2. The molecule has 0 bridgehead atoms. The van der Waals surface area contributed by atoms with Gasteiger partial charge < -0.3 is 15.2 Å². The summed E-state index contributed by atoms with van der Waals surface area (Å²) in [5, 5.41) is 11.1. The number of carbonyl (C=O) groups is 1. The molecule has 0 radical (unpaired) electrons. The summed E-state index contributed by atoms with van der Waals surface area (Å²) in [5.41, 5.74) is 0.533. The second-order valence-corrected chi connectivity index (χ2v) is 5.56. The monoisotopic (exact) mass is 349 g/mol. The molecular weight excluding hydrogens is 333 g/mol. The lowest BCUT2D eigenvalue weighted by Gasteiger charge is -2.24. The largest absolute Gasteiger partial charge is 0.465 e. The van der Waals surface area contributed by atoms with Gasteiger partial charge in [-0.1, -0.05) is 18.2 Å². The van der Waals surface area contributed by atoms with Crippen molar-refractivity contribution in [3.8, 4) is 0 Å². The van der Waals surface area contributed by atoms with Crippen molar-refractivity contribution in [3.63, 3.8) is 0 Å². The Balaban J connectivity index is 2.42. The van der Waals surface area contributed by atoms with Gasteiger partial charge in [-0.05, 0) is 48.1 Å². The van der Waals surface area contributed by atoms with Crippen molar-refractivity contribution in [2.75, 3.05) is 6.61 Å². The third-order valence-electron chi connectivity index (χ3n) is 2.12. The molecule has 17 heavy (non-hydrogen) atoms. The Morgan fingerprint density at radius 1 is 1.47 bits per heavy atom. The first kappa shape index (κ1) is 14.2. The highest BCUT2D eigenvalue weighted by Gasteiger charge is 2.20. The minimum atomic E-state index is -1.03. The van der Waals surface area contributed by atoms with E-state index in [0.717, 1.165) is 9.13 Å². The van der Waals surface area contributed by atoms with Gasteiger partial charge in [-0.3, -0.25) is 0 Å². The quantitative estimate of drug-likeness (QED) is 0.804. The molecule has 1 aromatic carbocycles. The van der Waals surface area contributed by atoms with Crippen LogP contribution < -0.4 is 5.32 Å². The second kappa shape index (κ2) is 6.20. The highest BCUT2D eigenvalue weighted by molar-refractivity contribution is 14.1. The van der Waals surface area contributed by atoms with Crippen LogP contribution in [0.4, 0.5) is 4.79 Å². The van der Waals surface area contributed by atoms with Crippen molar-refractivity contribution in [1.82, 2.24) is 5.32 Å². The molecule has 2 N–H and O–H groups in total. The van der Waals surface area contributed by atoms with E-state index in [0.29, 0.717) is 13.2 Å². The average Bonchev–Trinajstić information content (AvgIpc) is 2.18. The standard InChI is InChI=1S/C12H16INO3/c1-12(2,14-11(15)16)8-17-7-9-5-3-4-6-10(9)13/h3-6,14H,7-8H2,1-2H3,(H,15,16). The highest BCUT2D eigenvalue weighted by Crippen LogP contribution is 2.13. The summed E-state index contributed by atoms with van der Waals surface area (Å²) in [6.07, 6.45) is -1.03. The lowest BCUT2D eigenvalue weighted by molar-refractivity contribution is 0.0697. The van der Waals surface area contributed by atoms with Crippen molar-refractivity contribution in [1.29, 1.82) is 0 Å². The summed E-state index contributed by atoms with van der Waals surface area (Å²) in [4.78, 5) is 10.5. The van der Waals surface area contributed by atoms with Gasteiger partial charge in [0, 0.05) is 3.57 Å². The van der Waals surface area contributed by atoms with Gasteiger partial charge in [0.25, 0.3) is 0 Å². The number of ether oxygens (including phenoxy) is 1. The molecule has 0 aromatic heterocycles. The van der Waals surface area contributed by atoms with Gasteiger partial charge in [0.15, 0.2) is 0 Å². The summed E-state index contributed by atoms with van der Waals surface area (Å²) in [7, 11) is 0. The summed E-state index contributed by atoms with van der Waals surface area (Å²) in [6, 6.07) is 7.95. The van der Waals surface area contributed by atoms with E-state index in [2.05, 4.69) is 27.9 Å². The molecule has 0 saturated heterocycles. The first-order valence-corrected chi connectivity index (χ1v) is 6.31. The number of amides is 1. The first-order chi connectivity index (χ1) is 7.91. The molecule has 5 heteroatoms. The Morgan fingerprint density at radius 2 is 2.12 bits per heavy atom. The molecule has 1 amide bonds. The van der Waals surface area contributed by atoms with Crippen molar-refractivity contribution in [2.24, 2.45) is 0 Å². The van der Waals surface area contributed by atoms with Gasteiger partial charge in [-0.25, -0.2) is 4.79 Å². The van der Waals surface area contributed by atoms with Gasteiger partial charge >= 0.3 is 6.09 Å². The molecule has 94 valence electrons. The van der Waals surface area contributed by atoms with Crippen LogP contribution in [0.5, 0.6) is 0 Å². The van der Waals surface area contributed by atoms with Crippen molar-refractivity contribution in [3.05, 3.63) is 33.4 Å². The number of benzene rings is 1. The Bertz CT molecular complexity index is 393. The van der Waals surface area contributed by atoms with Crippen LogP contribution >= 0.6 is 22.6 Å². The lowest BCUT2D eigenvalue weighted by atomic mass is 10.1. The van der Waals surface area contributed by atoms with Crippen LogP contribution in [0, 0.1) is 3.57 Å². The SMILES string of the molecule is CC(C)(COCc1ccccc1I)NC(=O)O. The van der Waals surface area contributed by atoms with E-state index >= 15 is 0 Å². The Hall–Kier alpha value is -0.820. The molecule has 0 aliphatic heterocycles. The number of carboxylic acid groups (broad SMARTS) is 1. The average molecular weight is 349 g/mol.